The van der Waals surface area contributed by atoms with Crippen LogP contribution in [0.2, 0.25) is 0 Å². The number of carbonyl (C=O) groups is 1. The summed E-state index contributed by atoms with van der Waals surface area (Å²) in [6.07, 6.45) is 3.69. The molecule has 1 fully saturated rings. The maximum atomic E-state index is 10.9. The molecule has 0 aromatic heterocycles. The maximum Gasteiger partial charge on any atom is 0.237 e. The lowest BCUT2D eigenvalue weighted by atomic mass is 10.1. The van der Waals surface area contributed by atoms with E-state index in [1.165, 1.54) is 19.3 Å². The van der Waals surface area contributed by atoms with Gasteiger partial charge in [0, 0.05) is 35.7 Å². The Labute approximate surface area is 80.8 Å². The molecule has 1 aliphatic heterocycles. The highest BCUT2D eigenvalue weighted by Crippen LogP contribution is 2.15. The van der Waals surface area contributed by atoms with Crippen LogP contribution in [-0.4, -0.2) is 21.8 Å². The summed E-state index contributed by atoms with van der Waals surface area (Å²) < 4.78 is 0.0736. The molecule has 0 amide bonds. The number of rotatable bonds is 2. The van der Waals surface area contributed by atoms with Crippen molar-refractivity contribution in [1.82, 2.24) is 4.90 Å². The van der Waals surface area contributed by atoms with Crippen molar-refractivity contribution in [2.24, 2.45) is 0 Å². The third-order valence-electron chi connectivity index (χ3n) is 1.96. The van der Waals surface area contributed by atoms with Gasteiger partial charge in [-0.3, -0.25) is 4.79 Å². The first kappa shape index (κ1) is 9.03. The van der Waals surface area contributed by atoms with Crippen LogP contribution in [0.1, 0.15) is 19.3 Å². The molecule has 0 unspecified atom stereocenters. The molecule has 11 heavy (non-hydrogen) atoms. The molecule has 0 aromatic carbocycles. The van der Waals surface area contributed by atoms with Gasteiger partial charge in [-0.2, -0.15) is 0 Å². The molecule has 0 atom stereocenters. The van der Waals surface area contributed by atoms with Crippen molar-refractivity contribution in [1.29, 1.82) is 0 Å². The lowest BCUT2D eigenvalue weighted by molar-refractivity contribution is -0.107. The van der Waals surface area contributed by atoms with Crippen molar-refractivity contribution in [2.75, 3.05) is 13.1 Å². The number of halogens is 1. The van der Waals surface area contributed by atoms with Crippen molar-refractivity contribution >= 4 is 26.4 Å². The molecule has 1 rings (SSSR count). The zero-order valence-corrected chi connectivity index (χ0v) is 8.63. The van der Waals surface area contributed by atoms with E-state index in [4.69, 9.17) is 0 Å². The molecule has 62 valence electrons. The number of piperidine rings is 1. The molecule has 3 heteroatoms. The molecule has 0 N–H and O–H groups in total. The highest BCUT2D eigenvalue weighted by Gasteiger charge is 2.14. The summed E-state index contributed by atoms with van der Waals surface area (Å²) in [5.41, 5.74) is 0.672. The molecule has 1 aliphatic rings. The second-order valence-electron chi connectivity index (χ2n) is 2.77. The van der Waals surface area contributed by atoms with Gasteiger partial charge in [-0.15, -0.1) is 0 Å². The second kappa shape index (κ2) is 4.09. The van der Waals surface area contributed by atoms with Gasteiger partial charge in [0.15, 0.2) is 0 Å². The van der Waals surface area contributed by atoms with E-state index in [-0.39, 0.29) is 3.79 Å². The molecule has 1 saturated heterocycles. The van der Waals surface area contributed by atoms with Gasteiger partial charge >= 0.3 is 0 Å². The number of allylic oxidation sites excluding steroid dienone is 1. The van der Waals surface area contributed by atoms with Crippen LogP contribution in [-0.2, 0) is 4.79 Å². The number of nitrogens with zero attached hydrogens (tertiary/aromatic N) is 1. The largest absolute Gasteiger partial charge is 0.368 e. The molecule has 0 saturated carbocycles. The van der Waals surface area contributed by atoms with Crippen molar-refractivity contribution in [3.05, 3.63) is 12.3 Å². The summed E-state index contributed by atoms with van der Waals surface area (Å²) in [7, 11) is 0. The summed E-state index contributed by atoms with van der Waals surface area (Å²) in [4.78, 5) is 13.0. The van der Waals surface area contributed by atoms with Crippen molar-refractivity contribution < 1.29 is 4.79 Å². The van der Waals surface area contributed by atoms with Gasteiger partial charge in [0.25, 0.3) is 0 Å². The third kappa shape index (κ3) is 2.47. The lowest BCUT2D eigenvalue weighted by Gasteiger charge is -2.28. The third-order valence-corrected chi connectivity index (χ3v) is 2.59. The van der Waals surface area contributed by atoms with E-state index in [1.807, 2.05) is 0 Å². The summed E-state index contributed by atoms with van der Waals surface area (Å²) in [6, 6.07) is 0. The molecule has 2 nitrogen and oxygen atoms in total. The Hall–Kier alpha value is -0.0600. The lowest BCUT2D eigenvalue weighted by Crippen LogP contribution is -2.30. The van der Waals surface area contributed by atoms with Crippen LogP contribution in [0.15, 0.2) is 12.3 Å². The zero-order valence-electron chi connectivity index (χ0n) is 6.48. The normalized spacial score (nSPS) is 18.1. The first-order chi connectivity index (χ1) is 5.22. The standard InChI is InChI=1S/C8H12INO/c1-7(8(9)11)10-5-3-2-4-6-10/h1-6H2. The van der Waals surface area contributed by atoms with Crippen LogP contribution >= 0.6 is 22.6 Å². The highest BCUT2D eigenvalue weighted by molar-refractivity contribution is 14.1. The number of hydrogen-bond acceptors (Lipinski definition) is 2. The molecule has 0 bridgehead atoms. The smallest absolute Gasteiger partial charge is 0.237 e. The Kier molecular flexibility index (Phi) is 3.36. The Morgan fingerprint density at radius 2 is 1.82 bits per heavy atom. The van der Waals surface area contributed by atoms with Gasteiger partial charge in [-0.05, 0) is 19.3 Å². The predicted molar refractivity (Wildman–Crippen MR) is 53.6 cm³/mol. The monoisotopic (exact) mass is 265 g/mol. The summed E-state index contributed by atoms with van der Waals surface area (Å²) >= 11 is 1.79. The second-order valence-corrected chi connectivity index (χ2v) is 3.75. The zero-order chi connectivity index (χ0) is 8.27. The minimum Gasteiger partial charge on any atom is -0.368 e. The minimum absolute atomic E-state index is 0.0736. The van der Waals surface area contributed by atoms with E-state index in [9.17, 15) is 4.79 Å². The fourth-order valence-electron chi connectivity index (χ4n) is 1.29. The van der Waals surface area contributed by atoms with E-state index in [1.54, 1.807) is 22.6 Å². The topological polar surface area (TPSA) is 20.3 Å². The fourth-order valence-corrected chi connectivity index (χ4v) is 1.63. The van der Waals surface area contributed by atoms with Gasteiger partial charge in [0.05, 0.1) is 5.70 Å². The number of carbonyl (C=O) groups excluding carboxylic acids is 1. The highest BCUT2D eigenvalue weighted by atomic mass is 127. The van der Waals surface area contributed by atoms with Gasteiger partial charge in [-0.1, -0.05) is 6.58 Å². The molecule has 1 heterocycles. The molecule has 0 radical (unpaired) electrons. The number of hydrogen-bond donors (Lipinski definition) is 0. The summed E-state index contributed by atoms with van der Waals surface area (Å²) in [5, 5.41) is 0. The van der Waals surface area contributed by atoms with E-state index in [0.29, 0.717) is 5.70 Å². The van der Waals surface area contributed by atoms with E-state index in [0.717, 1.165) is 13.1 Å². The molecule has 0 spiro atoms. The van der Waals surface area contributed by atoms with Crippen LogP contribution in [0.3, 0.4) is 0 Å². The summed E-state index contributed by atoms with van der Waals surface area (Å²) in [5.74, 6) is 0. The van der Waals surface area contributed by atoms with E-state index < -0.39 is 0 Å². The average molecular weight is 265 g/mol. The van der Waals surface area contributed by atoms with Gasteiger partial charge in [-0.25, -0.2) is 0 Å². The van der Waals surface area contributed by atoms with Crippen molar-refractivity contribution in [2.45, 2.75) is 19.3 Å². The fraction of sp³-hybridized carbons (Fsp3) is 0.625. The van der Waals surface area contributed by atoms with E-state index >= 15 is 0 Å². The SMILES string of the molecule is C=C(C(=O)I)N1CCCCC1. The maximum absolute atomic E-state index is 10.9. The van der Waals surface area contributed by atoms with Crippen LogP contribution in [0.5, 0.6) is 0 Å². The molecular weight excluding hydrogens is 253 g/mol. The Morgan fingerprint density at radius 3 is 2.27 bits per heavy atom. The van der Waals surface area contributed by atoms with Crippen LogP contribution in [0.4, 0.5) is 0 Å². The Balaban J connectivity index is 2.45. The predicted octanol–water partition coefficient (Wildman–Crippen LogP) is 1.95. The molecule has 0 aromatic rings. The molecule has 0 aliphatic carbocycles. The number of likely N-dealkylation sites (tertiary alicyclic amines) is 1. The van der Waals surface area contributed by atoms with E-state index in [2.05, 4.69) is 11.5 Å². The average Bonchev–Trinajstić information content (AvgIpc) is 2.05. The van der Waals surface area contributed by atoms with Crippen LogP contribution in [0.25, 0.3) is 0 Å². The first-order valence-electron chi connectivity index (χ1n) is 3.85. The Morgan fingerprint density at radius 1 is 1.27 bits per heavy atom. The Bertz CT molecular complexity index is 173. The van der Waals surface area contributed by atoms with Crippen LogP contribution in [0, 0.1) is 0 Å². The van der Waals surface area contributed by atoms with Gasteiger partial charge in [0.1, 0.15) is 0 Å². The summed E-state index contributed by atoms with van der Waals surface area (Å²) in [6.45, 7) is 5.76. The minimum atomic E-state index is 0.0736. The quantitative estimate of drug-likeness (QED) is 0.432. The molecular formula is C8H12INO. The first-order valence-corrected chi connectivity index (χ1v) is 4.93. The van der Waals surface area contributed by atoms with Gasteiger partial charge < -0.3 is 4.90 Å². The van der Waals surface area contributed by atoms with Gasteiger partial charge in [0.2, 0.25) is 3.79 Å². The van der Waals surface area contributed by atoms with Crippen LogP contribution < -0.4 is 0 Å². The van der Waals surface area contributed by atoms with Crippen molar-refractivity contribution in [3.63, 3.8) is 0 Å². The van der Waals surface area contributed by atoms with Crippen molar-refractivity contribution in [3.8, 4) is 0 Å².